The zero-order valence-corrected chi connectivity index (χ0v) is 15.3. The second kappa shape index (κ2) is 7.58. The molecule has 5 heteroatoms. The van der Waals surface area contributed by atoms with Crippen LogP contribution in [0.5, 0.6) is 5.75 Å². The molecule has 0 unspecified atom stereocenters. The second-order valence-corrected chi connectivity index (χ2v) is 6.52. The molecule has 0 spiro atoms. The molecule has 0 aliphatic carbocycles. The summed E-state index contributed by atoms with van der Waals surface area (Å²) in [5.74, 6) is 0.800. The van der Waals surface area contributed by atoms with E-state index in [9.17, 15) is 4.79 Å². The topological polar surface area (TPSA) is 46.5 Å². The third kappa shape index (κ3) is 3.53. The van der Waals surface area contributed by atoms with Crippen LogP contribution in [0.15, 0.2) is 72.9 Å². The number of urea groups is 1. The van der Waals surface area contributed by atoms with Gasteiger partial charge in [-0.25, -0.2) is 4.79 Å². The highest BCUT2D eigenvalue weighted by Gasteiger charge is 2.32. The van der Waals surface area contributed by atoms with Crippen LogP contribution >= 0.6 is 0 Å². The normalized spacial score (nSPS) is 15.9. The number of anilines is 1. The van der Waals surface area contributed by atoms with Crippen LogP contribution in [-0.4, -0.2) is 28.6 Å². The summed E-state index contributed by atoms with van der Waals surface area (Å²) in [5, 5.41) is 3.03. The first kappa shape index (κ1) is 17.2. The standard InChI is InChI=1S/C22H23N3O2/c1-2-27-19-12-10-18(11-13-19)23-22(26)25-16-15-24-14-6-9-20(24)21(25)17-7-4-3-5-8-17/h3-14,21H,2,15-16H2,1H3,(H,23,26)/t21-/m0/s1. The number of ether oxygens (including phenoxy) is 1. The van der Waals surface area contributed by atoms with Crippen molar-refractivity contribution < 1.29 is 9.53 Å². The maximum absolute atomic E-state index is 13.1. The Kier molecular flexibility index (Phi) is 4.83. The minimum atomic E-state index is -0.0994. The summed E-state index contributed by atoms with van der Waals surface area (Å²) in [4.78, 5) is 15.0. The molecule has 0 bridgehead atoms. The molecule has 2 aromatic carbocycles. The number of nitrogens with one attached hydrogen (secondary N) is 1. The lowest BCUT2D eigenvalue weighted by Crippen LogP contribution is -2.44. The molecule has 0 fully saturated rings. The van der Waals surface area contributed by atoms with E-state index in [0.29, 0.717) is 13.2 Å². The van der Waals surface area contributed by atoms with Gasteiger partial charge in [-0.05, 0) is 48.9 Å². The summed E-state index contributed by atoms with van der Waals surface area (Å²) < 4.78 is 7.68. The summed E-state index contributed by atoms with van der Waals surface area (Å²) in [6.45, 7) is 4.02. The van der Waals surface area contributed by atoms with Crippen molar-refractivity contribution in [2.75, 3.05) is 18.5 Å². The molecular formula is C22H23N3O2. The molecule has 0 saturated heterocycles. The number of fused-ring (bicyclic) bond motifs is 1. The van der Waals surface area contributed by atoms with E-state index in [2.05, 4.69) is 34.3 Å². The van der Waals surface area contributed by atoms with E-state index in [-0.39, 0.29) is 12.1 Å². The van der Waals surface area contributed by atoms with Crippen molar-refractivity contribution in [2.45, 2.75) is 19.5 Å². The molecule has 2 heterocycles. The van der Waals surface area contributed by atoms with Gasteiger partial charge in [0.05, 0.1) is 12.6 Å². The maximum Gasteiger partial charge on any atom is 0.322 e. The van der Waals surface area contributed by atoms with Gasteiger partial charge in [0.25, 0.3) is 0 Å². The molecule has 1 atom stereocenters. The smallest absolute Gasteiger partial charge is 0.322 e. The summed E-state index contributed by atoms with van der Waals surface area (Å²) >= 11 is 0. The largest absolute Gasteiger partial charge is 0.494 e. The first-order chi connectivity index (χ1) is 13.3. The molecule has 1 aromatic heterocycles. The van der Waals surface area contributed by atoms with Crippen LogP contribution in [0.1, 0.15) is 24.2 Å². The lowest BCUT2D eigenvalue weighted by molar-refractivity contribution is 0.182. The lowest BCUT2D eigenvalue weighted by atomic mass is 10.0. The molecule has 1 aliphatic heterocycles. The van der Waals surface area contributed by atoms with Crippen LogP contribution < -0.4 is 10.1 Å². The van der Waals surface area contributed by atoms with Crippen molar-refractivity contribution in [3.8, 4) is 5.75 Å². The van der Waals surface area contributed by atoms with Crippen molar-refractivity contribution in [3.05, 3.63) is 84.2 Å². The number of hydrogen-bond donors (Lipinski definition) is 1. The fourth-order valence-electron chi connectivity index (χ4n) is 3.58. The second-order valence-electron chi connectivity index (χ2n) is 6.52. The predicted molar refractivity (Wildman–Crippen MR) is 106 cm³/mol. The van der Waals surface area contributed by atoms with Crippen LogP contribution in [-0.2, 0) is 6.54 Å². The van der Waals surface area contributed by atoms with E-state index in [4.69, 9.17) is 4.74 Å². The van der Waals surface area contributed by atoms with E-state index in [1.54, 1.807) is 0 Å². The third-order valence-electron chi connectivity index (χ3n) is 4.83. The lowest BCUT2D eigenvalue weighted by Gasteiger charge is -2.37. The minimum absolute atomic E-state index is 0.0968. The number of hydrogen-bond acceptors (Lipinski definition) is 2. The Balaban J connectivity index is 1.58. The third-order valence-corrected chi connectivity index (χ3v) is 4.83. The number of carbonyl (C=O) groups excluding carboxylic acids is 1. The van der Waals surface area contributed by atoms with Gasteiger partial charge in [-0.3, -0.25) is 0 Å². The molecule has 0 saturated carbocycles. The highest BCUT2D eigenvalue weighted by molar-refractivity contribution is 5.90. The Labute approximate surface area is 159 Å². The molecule has 3 aromatic rings. The van der Waals surface area contributed by atoms with Crippen LogP contribution in [0.4, 0.5) is 10.5 Å². The van der Waals surface area contributed by atoms with Crippen molar-refractivity contribution in [2.24, 2.45) is 0 Å². The Morgan fingerprint density at radius 2 is 1.81 bits per heavy atom. The van der Waals surface area contributed by atoms with Gasteiger partial charge in [0.2, 0.25) is 0 Å². The van der Waals surface area contributed by atoms with Gasteiger partial charge in [0.15, 0.2) is 0 Å². The number of nitrogens with zero attached hydrogens (tertiary/aromatic N) is 2. The summed E-state index contributed by atoms with van der Waals surface area (Å²) in [6, 6.07) is 21.6. The fraction of sp³-hybridized carbons (Fsp3) is 0.227. The molecular weight excluding hydrogens is 338 g/mol. The highest BCUT2D eigenvalue weighted by Crippen LogP contribution is 2.32. The first-order valence-electron chi connectivity index (χ1n) is 9.26. The number of carbonyl (C=O) groups is 1. The number of benzene rings is 2. The molecule has 5 nitrogen and oxygen atoms in total. The molecule has 138 valence electrons. The Morgan fingerprint density at radius 1 is 1.04 bits per heavy atom. The summed E-state index contributed by atoms with van der Waals surface area (Å²) in [7, 11) is 0. The van der Waals surface area contributed by atoms with Crippen molar-refractivity contribution in [1.29, 1.82) is 0 Å². The minimum Gasteiger partial charge on any atom is -0.494 e. The number of amides is 2. The van der Waals surface area contributed by atoms with Gasteiger partial charge in [0, 0.05) is 30.7 Å². The van der Waals surface area contributed by atoms with Crippen LogP contribution in [0.25, 0.3) is 0 Å². The van der Waals surface area contributed by atoms with Gasteiger partial charge in [0.1, 0.15) is 5.75 Å². The van der Waals surface area contributed by atoms with Crippen LogP contribution in [0.2, 0.25) is 0 Å². The zero-order chi connectivity index (χ0) is 18.6. The molecule has 0 radical (unpaired) electrons. The average Bonchev–Trinajstić information content (AvgIpc) is 3.18. The van der Waals surface area contributed by atoms with E-state index in [1.165, 1.54) is 0 Å². The molecule has 4 rings (SSSR count). The predicted octanol–water partition coefficient (Wildman–Crippen LogP) is 4.52. The Hall–Kier alpha value is -3.21. The van der Waals surface area contributed by atoms with Gasteiger partial charge in [-0.1, -0.05) is 30.3 Å². The quantitative estimate of drug-likeness (QED) is 0.742. The molecule has 27 heavy (non-hydrogen) atoms. The first-order valence-corrected chi connectivity index (χ1v) is 9.26. The van der Waals surface area contributed by atoms with E-state index in [0.717, 1.165) is 29.2 Å². The Bertz CT molecular complexity index is 903. The van der Waals surface area contributed by atoms with Crippen molar-refractivity contribution >= 4 is 11.7 Å². The van der Waals surface area contributed by atoms with Gasteiger partial charge >= 0.3 is 6.03 Å². The molecule has 1 aliphatic rings. The Morgan fingerprint density at radius 3 is 2.56 bits per heavy atom. The number of rotatable bonds is 4. The van der Waals surface area contributed by atoms with Gasteiger partial charge in [-0.15, -0.1) is 0 Å². The number of aromatic nitrogens is 1. The van der Waals surface area contributed by atoms with E-state index in [1.807, 2.05) is 60.4 Å². The van der Waals surface area contributed by atoms with Gasteiger partial charge in [-0.2, -0.15) is 0 Å². The monoisotopic (exact) mass is 361 g/mol. The maximum atomic E-state index is 13.1. The highest BCUT2D eigenvalue weighted by atomic mass is 16.5. The zero-order valence-electron chi connectivity index (χ0n) is 15.3. The van der Waals surface area contributed by atoms with Crippen LogP contribution in [0.3, 0.4) is 0 Å². The summed E-state index contributed by atoms with van der Waals surface area (Å²) in [6.07, 6.45) is 2.08. The van der Waals surface area contributed by atoms with E-state index >= 15 is 0 Å². The van der Waals surface area contributed by atoms with Crippen molar-refractivity contribution in [3.63, 3.8) is 0 Å². The van der Waals surface area contributed by atoms with Crippen LogP contribution in [0, 0.1) is 0 Å². The van der Waals surface area contributed by atoms with Crippen molar-refractivity contribution in [1.82, 2.24) is 9.47 Å². The molecule has 1 N–H and O–H groups in total. The summed E-state index contributed by atoms with van der Waals surface area (Å²) in [5.41, 5.74) is 3.00. The van der Waals surface area contributed by atoms with E-state index < -0.39 is 0 Å². The SMILES string of the molecule is CCOc1ccc(NC(=O)N2CCn3cccc3[C@@H]2c2ccccc2)cc1. The van der Waals surface area contributed by atoms with Gasteiger partial charge < -0.3 is 19.5 Å². The molecule has 2 amide bonds. The average molecular weight is 361 g/mol. The fourth-order valence-corrected chi connectivity index (χ4v) is 3.58.